The molecule has 1 rings (SSSR count). The largest absolute Gasteiger partial charge is 0.481 e. The van der Waals surface area contributed by atoms with Gasteiger partial charge in [-0.1, -0.05) is 23.8 Å². The van der Waals surface area contributed by atoms with Gasteiger partial charge in [-0.25, -0.2) is 0 Å². The summed E-state index contributed by atoms with van der Waals surface area (Å²) in [6.45, 7) is 3.15. The number of carboxylic acid groups (broad SMARTS) is 2. The van der Waals surface area contributed by atoms with Crippen molar-refractivity contribution in [3.8, 4) is 0 Å². The van der Waals surface area contributed by atoms with Crippen LogP contribution in [0.4, 0.5) is 0 Å². The highest BCUT2D eigenvalue weighted by atomic mass is 16.4. The Morgan fingerprint density at radius 2 is 2.00 bits per heavy atom. The topological polar surface area (TPSA) is 74.6 Å². The first-order valence-corrected chi connectivity index (χ1v) is 4.22. The Bertz CT molecular complexity index is 340. The third-order valence-electron chi connectivity index (χ3n) is 2.49. The van der Waals surface area contributed by atoms with E-state index in [0.717, 1.165) is 5.57 Å². The summed E-state index contributed by atoms with van der Waals surface area (Å²) in [7, 11) is 0. The summed E-state index contributed by atoms with van der Waals surface area (Å²) < 4.78 is 0. The second kappa shape index (κ2) is 3.29. The molecule has 0 spiro atoms. The number of hydrogen-bond acceptors (Lipinski definition) is 2. The van der Waals surface area contributed by atoms with Gasteiger partial charge in [-0.15, -0.1) is 0 Å². The van der Waals surface area contributed by atoms with Crippen molar-refractivity contribution in [2.75, 3.05) is 0 Å². The SMILES string of the molecule is CC1=CC(C(=O)O)C(C)(C(=O)O)C=C1. The molecule has 1 aliphatic carbocycles. The fourth-order valence-electron chi connectivity index (χ4n) is 1.43. The Morgan fingerprint density at radius 1 is 1.43 bits per heavy atom. The predicted octanol–water partition coefficient (Wildman–Crippen LogP) is 1.29. The predicted molar refractivity (Wildman–Crippen MR) is 49.8 cm³/mol. The maximum Gasteiger partial charge on any atom is 0.314 e. The van der Waals surface area contributed by atoms with Crippen LogP contribution in [0.15, 0.2) is 23.8 Å². The quantitative estimate of drug-likeness (QED) is 0.697. The van der Waals surface area contributed by atoms with Crippen molar-refractivity contribution in [3.05, 3.63) is 23.8 Å². The van der Waals surface area contributed by atoms with Crippen LogP contribution in [0.5, 0.6) is 0 Å². The molecule has 2 atom stereocenters. The minimum absolute atomic E-state index is 0.774. The van der Waals surface area contributed by atoms with E-state index in [1.165, 1.54) is 19.1 Å². The second-order valence-electron chi connectivity index (χ2n) is 3.65. The summed E-state index contributed by atoms with van der Waals surface area (Å²) in [5.74, 6) is -3.23. The highest BCUT2D eigenvalue weighted by molar-refractivity contribution is 5.87. The summed E-state index contributed by atoms with van der Waals surface area (Å²) in [4.78, 5) is 21.8. The van der Waals surface area contributed by atoms with Gasteiger partial charge in [0, 0.05) is 0 Å². The Hall–Kier alpha value is -1.58. The molecular formula is C10H12O4. The van der Waals surface area contributed by atoms with Crippen molar-refractivity contribution in [2.45, 2.75) is 13.8 Å². The van der Waals surface area contributed by atoms with Gasteiger partial charge in [-0.2, -0.15) is 0 Å². The van der Waals surface area contributed by atoms with E-state index in [2.05, 4.69) is 0 Å². The molecular weight excluding hydrogens is 184 g/mol. The molecule has 0 aromatic heterocycles. The van der Waals surface area contributed by atoms with E-state index in [0.29, 0.717) is 0 Å². The van der Waals surface area contributed by atoms with E-state index in [4.69, 9.17) is 10.2 Å². The van der Waals surface area contributed by atoms with Crippen LogP contribution in [0.2, 0.25) is 0 Å². The zero-order chi connectivity index (χ0) is 10.9. The zero-order valence-electron chi connectivity index (χ0n) is 8.02. The van der Waals surface area contributed by atoms with Gasteiger partial charge in [-0.3, -0.25) is 9.59 Å². The number of hydrogen-bond donors (Lipinski definition) is 2. The summed E-state index contributed by atoms with van der Waals surface area (Å²) in [6, 6.07) is 0. The van der Waals surface area contributed by atoms with Crippen molar-refractivity contribution in [1.82, 2.24) is 0 Å². The molecule has 0 aliphatic heterocycles. The second-order valence-corrected chi connectivity index (χ2v) is 3.65. The van der Waals surface area contributed by atoms with Crippen molar-refractivity contribution >= 4 is 11.9 Å². The highest BCUT2D eigenvalue weighted by Gasteiger charge is 2.43. The van der Waals surface area contributed by atoms with Crippen LogP contribution < -0.4 is 0 Å². The molecule has 0 heterocycles. The van der Waals surface area contributed by atoms with Gasteiger partial charge in [0.1, 0.15) is 5.41 Å². The van der Waals surface area contributed by atoms with Crippen molar-refractivity contribution in [3.63, 3.8) is 0 Å². The average Bonchev–Trinajstić information content (AvgIpc) is 2.08. The average molecular weight is 196 g/mol. The zero-order valence-corrected chi connectivity index (χ0v) is 8.02. The minimum Gasteiger partial charge on any atom is -0.481 e. The molecule has 0 radical (unpaired) electrons. The lowest BCUT2D eigenvalue weighted by Crippen LogP contribution is -2.39. The number of allylic oxidation sites excluding steroid dienone is 2. The van der Waals surface area contributed by atoms with E-state index in [1.807, 2.05) is 0 Å². The van der Waals surface area contributed by atoms with Crippen molar-refractivity contribution < 1.29 is 19.8 Å². The fraction of sp³-hybridized carbons (Fsp3) is 0.400. The maximum absolute atomic E-state index is 11.0. The van der Waals surface area contributed by atoms with Crippen LogP contribution in [0.25, 0.3) is 0 Å². The molecule has 4 nitrogen and oxygen atoms in total. The highest BCUT2D eigenvalue weighted by Crippen LogP contribution is 2.35. The Labute approximate surface area is 81.6 Å². The molecule has 2 unspecified atom stereocenters. The lowest BCUT2D eigenvalue weighted by atomic mass is 9.73. The first kappa shape index (κ1) is 10.5. The van der Waals surface area contributed by atoms with Crippen LogP contribution in [0, 0.1) is 11.3 Å². The third kappa shape index (κ3) is 1.55. The van der Waals surface area contributed by atoms with Crippen LogP contribution in [0.3, 0.4) is 0 Å². The molecule has 2 N–H and O–H groups in total. The van der Waals surface area contributed by atoms with E-state index in [-0.39, 0.29) is 0 Å². The molecule has 0 aromatic rings. The molecule has 0 fully saturated rings. The van der Waals surface area contributed by atoms with Gasteiger partial charge in [0.05, 0.1) is 5.92 Å². The molecule has 0 amide bonds. The molecule has 0 saturated carbocycles. The Kier molecular flexibility index (Phi) is 2.47. The Balaban J connectivity index is 3.15. The van der Waals surface area contributed by atoms with Gasteiger partial charge in [-0.05, 0) is 13.8 Å². The van der Waals surface area contributed by atoms with Gasteiger partial charge in [0.25, 0.3) is 0 Å². The number of rotatable bonds is 2. The monoisotopic (exact) mass is 196 g/mol. The Morgan fingerprint density at radius 3 is 2.43 bits per heavy atom. The van der Waals surface area contributed by atoms with Gasteiger partial charge in [0.15, 0.2) is 0 Å². The normalized spacial score (nSPS) is 31.0. The van der Waals surface area contributed by atoms with Gasteiger partial charge < -0.3 is 10.2 Å². The van der Waals surface area contributed by atoms with Crippen molar-refractivity contribution in [1.29, 1.82) is 0 Å². The maximum atomic E-state index is 11.0. The number of aliphatic carboxylic acids is 2. The standard InChI is InChI=1S/C10H12O4/c1-6-3-4-10(2,9(13)14)7(5-6)8(11)12/h3-5,7H,1-2H3,(H,11,12)(H,13,14). The smallest absolute Gasteiger partial charge is 0.314 e. The third-order valence-corrected chi connectivity index (χ3v) is 2.49. The molecule has 14 heavy (non-hydrogen) atoms. The fourth-order valence-corrected chi connectivity index (χ4v) is 1.43. The van der Waals surface area contributed by atoms with E-state index >= 15 is 0 Å². The molecule has 4 heteroatoms. The molecule has 76 valence electrons. The summed E-state index contributed by atoms with van der Waals surface area (Å²) in [5.41, 5.74) is -0.568. The molecule has 0 aromatic carbocycles. The van der Waals surface area contributed by atoms with Gasteiger partial charge in [0.2, 0.25) is 0 Å². The molecule has 1 aliphatic rings. The molecule has 0 saturated heterocycles. The summed E-state index contributed by atoms with van der Waals surface area (Å²) >= 11 is 0. The van der Waals surface area contributed by atoms with E-state index in [9.17, 15) is 9.59 Å². The van der Waals surface area contributed by atoms with Crippen LogP contribution >= 0.6 is 0 Å². The number of carboxylic acids is 2. The van der Waals surface area contributed by atoms with E-state index < -0.39 is 23.3 Å². The summed E-state index contributed by atoms with van der Waals surface area (Å²) in [5, 5.41) is 17.9. The first-order valence-electron chi connectivity index (χ1n) is 4.22. The lowest BCUT2D eigenvalue weighted by molar-refractivity contribution is -0.155. The van der Waals surface area contributed by atoms with Gasteiger partial charge >= 0.3 is 11.9 Å². The van der Waals surface area contributed by atoms with Crippen LogP contribution in [0.1, 0.15) is 13.8 Å². The first-order chi connectivity index (χ1) is 6.38. The van der Waals surface area contributed by atoms with E-state index in [1.54, 1.807) is 13.0 Å². The molecule has 0 bridgehead atoms. The van der Waals surface area contributed by atoms with Crippen LogP contribution in [-0.4, -0.2) is 22.2 Å². The minimum atomic E-state index is -1.34. The lowest BCUT2D eigenvalue weighted by Gasteiger charge is -2.28. The number of carbonyl (C=O) groups is 2. The van der Waals surface area contributed by atoms with Crippen LogP contribution in [-0.2, 0) is 9.59 Å². The summed E-state index contributed by atoms with van der Waals surface area (Å²) in [6.07, 6.45) is 4.54. The van der Waals surface area contributed by atoms with Crippen molar-refractivity contribution in [2.24, 2.45) is 11.3 Å².